The van der Waals surface area contributed by atoms with Crippen molar-refractivity contribution in [3.8, 4) is 0 Å². The molecule has 2 heterocycles. The van der Waals surface area contributed by atoms with Crippen molar-refractivity contribution in [1.82, 2.24) is 19.9 Å². The Morgan fingerprint density at radius 1 is 1.11 bits per heavy atom. The second-order valence-corrected chi connectivity index (χ2v) is 6.39. The van der Waals surface area contributed by atoms with Gasteiger partial charge in [-0.25, -0.2) is 9.78 Å². The van der Waals surface area contributed by atoms with Gasteiger partial charge in [-0.2, -0.15) is 15.0 Å². The Labute approximate surface area is 162 Å². The lowest BCUT2D eigenvalue weighted by Crippen LogP contribution is -2.18. The first-order valence-electron chi connectivity index (χ1n) is 8.62. The Morgan fingerprint density at radius 2 is 1.86 bits per heavy atom. The summed E-state index contributed by atoms with van der Waals surface area (Å²) in [5.74, 6) is 0.202. The number of para-hydroxylation sites is 1. The molecule has 2 N–H and O–H groups in total. The maximum atomic E-state index is 12.9. The van der Waals surface area contributed by atoms with E-state index < -0.39 is 5.97 Å². The molecule has 0 atom stereocenters. The average Bonchev–Trinajstić information content (AvgIpc) is 2.66. The Morgan fingerprint density at radius 3 is 2.57 bits per heavy atom. The second-order valence-electron chi connectivity index (χ2n) is 6.39. The summed E-state index contributed by atoms with van der Waals surface area (Å²) < 4.78 is 10.7. The summed E-state index contributed by atoms with van der Waals surface area (Å²) >= 11 is 0. The fraction of sp³-hybridized carbons (Fsp3) is 0.316. The number of methoxy groups -OCH3 is 1. The normalized spacial score (nSPS) is 10.9. The van der Waals surface area contributed by atoms with Crippen LogP contribution in [0.1, 0.15) is 27.4 Å². The summed E-state index contributed by atoms with van der Waals surface area (Å²) in [6, 6.07) is 7.61. The molecule has 0 saturated carbocycles. The van der Waals surface area contributed by atoms with Crippen LogP contribution < -0.4 is 10.6 Å². The number of pyridine rings is 1. The molecule has 0 fully saturated rings. The minimum Gasteiger partial charge on any atom is -0.454 e. The predicted molar refractivity (Wildman–Crippen MR) is 105 cm³/mol. The molecule has 0 radical (unpaired) electrons. The predicted octanol–water partition coefficient (Wildman–Crippen LogP) is 1.88. The molecule has 1 aromatic carbocycles. The molecule has 0 aliphatic rings. The zero-order valence-electron chi connectivity index (χ0n) is 16.3. The van der Waals surface area contributed by atoms with E-state index in [0.29, 0.717) is 17.2 Å². The van der Waals surface area contributed by atoms with Crippen LogP contribution in [-0.4, -0.2) is 47.1 Å². The molecular weight excluding hydrogens is 360 g/mol. The fourth-order valence-corrected chi connectivity index (χ4v) is 2.84. The standard InChI is InChI=1S/C19H22N6O3/c1-11-12-7-5-6-8-13(12)21-14(9-27-4)16(11)17(26)28-10-15-22-18(20)24-19(23-15)25(2)3/h5-8H,9-10H2,1-4H3,(H2,20,22,23,24). The first kappa shape index (κ1) is 19.4. The zero-order valence-corrected chi connectivity index (χ0v) is 16.3. The van der Waals surface area contributed by atoms with E-state index in [2.05, 4.69) is 19.9 Å². The molecule has 0 aliphatic heterocycles. The van der Waals surface area contributed by atoms with Crippen molar-refractivity contribution in [3.63, 3.8) is 0 Å². The molecule has 3 aromatic rings. The maximum Gasteiger partial charge on any atom is 0.340 e. The number of aromatic nitrogens is 4. The number of carbonyl (C=O) groups excluding carboxylic acids is 1. The Hall–Kier alpha value is -3.33. The molecule has 0 spiro atoms. The van der Waals surface area contributed by atoms with E-state index in [1.807, 2.05) is 31.2 Å². The smallest absolute Gasteiger partial charge is 0.340 e. The molecular formula is C19H22N6O3. The van der Waals surface area contributed by atoms with Gasteiger partial charge < -0.3 is 20.1 Å². The van der Waals surface area contributed by atoms with Gasteiger partial charge in [0, 0.05) is 26.6 Å². The number of hydrogen-bond donors (Lipinski definition) is 1. The lowest BCUT2D eigenvalue weighted by Gasteiger charge is -2.14. The number of anilines is 2. The minimum atomic E-state index is -0.520. The summed E-state index contributed by atoms with van der Waals surface area (Å²) in [7, 11) is 5.12. The molecule has 2 aromatic heterocycles. The van der Waals surface area contributed by atoms with Crippen LogP contribution in [0.2, 0.25) is 0 Å². The number of nitrogens with zero attached hydrogens (tertiary/aromatic N) is 5. The number of rotatable bonds is 6. The number of nitrogens with two attached hydrogens (primary N) is 1. The number of aryl methyl sites for hydroxylation is 1. The van der Waals surface area contributed by atoms with Crippen LogP contribution in [-0.2, 0) is 22.7 Å². The Bertz CT molecular complexity index is 1020. The highest BCUT2D eigenvalue weighted by molar-refractivity contribution is 5.98. The van der Waals surface area contributed by atoms with E-state index in [1.165, 1.54) is 0 Å². The molecule has 0 amide bonds. The van der Waals surface area contributed by atoms with Crippen molar-refractivity contribution in [1.29, 1.82) is 0 Å². The lowest BCUT2D eigenvalue weighted by molar-refractivity contribution is 0.0456. The van der Waals surface area contributed by atoms with Crippen LogP contribution in [0.25, 0.3) is 10.9 Å². The van der Waals surface area contributed by atoms with E-state index in [4.69, 9.17) is 15.2 Å². The zero-order chi connectivity index (χ0) is 20.3. The third-order valence-corrected chi connectivity index (χ3v) is 4.13. The molecule has 0 aliphatic carbocycles. The molecule has 9 nitrogen and oxygen atoms in total. The molecule has 0 bridgehead atoms. The molecule has 146 valence electrons. The van der Waals surface area contributed by atoms with Gasteiger partial charge in [0.05, 0.1) is 23.4 Å². The average molecular weight is 382 g/mol. The van der Waals surface area contributed by atoms with Gasteiger partial charge in [0.1, 0.15) is 0 Å². The Kier molecular flexibility index (Phi) is 5.65. The molecule has 9 heteroatoms. The number of fused-ring (bicyclic) bond motifs is 1. The number of hydrogen-bond acceptors (Lipinski definition) is 9. The van der Waals surface area contributed by atoms with Crippen LogP contribution in [0.3, 0.4) is 0 Å². The van der Waals surface area contributed by atoms with Crippen LogP contribution in [0, 0.1) is 6.92 Å². The summed E-state index contributed by atoms with van der Waals surface area (Å²) in [6.45, 7) is 1.93. The third kappa shape index (κ3) is 3.99. The number of ether oxygens (including phenoxy) is 2. The highest BCUT2D eigenvalue weighted by Crippen LogP contribution is 2.24. The number of carbonyl (C=O) groups is 1. The molecule has 28 heavy (non-hydrogen) atoms. The largest absolute Gasteiger partial charge is 0.454 e. The lowest BCUT2D eigenvalue weighted by atomic mass is 10.0. The molecule has 3 rings (SSSR count). The van der Waals surface area contributed by atoms with E-state index in [1.54, 1.807) is 26.1 Å². The SMILES string of the molecule is COCc1nc2ccccc2c(C)c1C(=O)OCc1nc(N)nc(N(C)C)n1. The highest BCUT2D eigenvalue weighted by Gasteiger charge is 2.21. The number of nitrogen functional groups attached to an aromatic ring is 1. The molecule has 0 unspecified atom stereocenters. The first-order valence-corrected chi connectivity index (χ1v) is 8.62. The maximum absolute atomic E-state index is 12.9. The van der Waals surface area contributed by atoms with Crippen molar-refractivity contribution in [2.24, 2.45) is 0 Å². The van der Waals surface area contributed by atoms with E-state index >= 15 is 0 Å². The van der Waals surface area contributed by atoms with Crippen molar-refractivity contribution in [2.45, 2.75) is 20.1 Å². The van der Waals surface area contributed by atoms with Gasteiger partial charge in [0.15, 0.2) is 12.4 Å². The van der Waals surface area contributed by atoms with Gasteiger partial charge in [-0.05, 0) is 18.6 Å². The van der Waals surface area contributed by atoms with Gasteiger partial charge in [-0.3, -0.25) is 0 Å². The summed E-state index contributed by atoms with van der Waals surface area (Å²) in [5, 5.41) is 0.883. The third-order valence-electron chi connectivity index (χ3n) is 4.13. The van der Waals surface area contributed by atoms with Crippen LogP contribution in [0.5, 0.6) is 0 Å². The monoisotopic (exact) mass is 382 g/mol. The summed E-state index contributed by atoms with van der Waals surface area (Å²) in [4.78, 5) is 31.4. The van der Waals surface area contributed by atoms with Crippen LogP contribution >= 0.6 is 0 Å². The van der Waals surface area contributed by atoms with Crippen LogP contribution in [0.15, 0.2) is 24.3 Å². The summed E-state index contributed by atoms with van der Waals surface area (Å²) in [6.07, 6.45) is 0. The number of esters is 1. The van der Waals surface area contributed by atoms with E-state index in [9.17, 15) is 4.79 Å². The number of benzene rings is 1. The van der Waals surface area contributed by atoms with E-state index in [-0.39, 0.29) is 25.0 Å². The van der Waals surface area contributed by atoms with Gasteiger partial charge >= 0.3 is 5.97 Å². The minimum absolute atomic E-state index is 0.0633. The van der Waals surface area contributed by atoms with Crippen molar-refractivity contribution < 1.29 is 14.3 Å². The highest BCUT2D eigenvalue weighted by atomic mass is 16.5. The van der Waals surface area contributed by atoms with Gasteiger partial charge in [0.2, 0.25) is 11.9 Å². The van der Waals surface area contributed by atoms with Gasteiger partial charge in [0.25, 0.3) is 0 Å². The van der Waals surface area contributed by atoms with E-state index in [0.717, 1.165) is 16.5 Å². The van der Waals surface area contributed by atoms with Crippen molar-refractivity contribution >= 4 is 28.8 Å². The first-order chi connectivity index (χ1) is 13.4. The molecule has 0 saturated heterocycles. The van der Waals surface area contributed by atoms with Crippen LogP contribution in [0.4, 0.5) is 11.9 Å². The van der Waals surface area contributed by atoms with Crippen molar-refractivity contribution in [2.75, 3.05) is 31.8 Å². The fourth-order valence-electron chi connectivity index (χ4n) is 2.84. The van der Waals surface area contributed by atoms with Gasteiger partial charge in [-0.1, -0.05) is 18.2 Å². The topological polar surface area (TPSA) is 116 Å². The quantitative estimate of drug-likeness (QED) is 0.638. The van der Waals surface area contributed by atoms with Crippen molar-refractivity contribution in [3.05, 3.63) is 46.9 Å². The second kappa shape index (κ2) is 8.13. The van der Waals surface area contributed by atoms with Gasteiger partial charge in [-0.15, -0.1) is 0 Å². The summed E-state index contributed by atoms with van der Waals surface area (Å²) in [5.41, 5.74) is 8.19. The Balaban J connectivity index is 1.91.